The highest BCUT2D eigenvalue weighted by molar-refractivity contribution is 4.70. The number of hydrogen-bond donors (Lipinski definition) is 1. The third-order valence-corrected chi connectivity index (χ3v) is 3.08. The van der Waals surface area contributed by atoms with Crippen molar-refractivity contribution >= 4 is 0 Å². The standard InChI is InChI=1S/C13H26F3N/c1-4-9-17-12(10-11(3)5-2)7-6-8-13(14,15)16/h11-12,17H,4-10H2,1-3H3. The summed E-state index contributed by atoms with van der Waals surface area (Å²) < 4.78 is 36.2. The molecule has 2 atom stereocenters. The van der Waals surface area contributed by atoms with Crippen molar-refractivity contribution in [2.24, 2.45) is 5.92 Å². The van der Waals surface area contributed by atoms with Gasteiger partial charge in [-0.15, -0.1) is 0 Å². The van der Waals surface area contributed by atoms with E-state index in [1.807, 2.05) is 0 Å². The van der Waals surface area contributed by atoms with Crippen molar-refractivity contribution in [2.45, 2.75) is 71.5 Å². The molecular formula is C13H26F3N. The van der Waals surface area contributed by atoms with E-state index in [1.165, 1.54) is 0 Å². The first kappa shape index (κ1) is 16.8. The molecule has 0 saturated heterocycles. The molecule has 0 radical (unpaired) electrons. The Labute approximate surface area is 103 Å². The van der Waals surface area contributed by atoms with E-state index < -0.39 is 12.6 Å². The average Bonchev–Trinajstić information content (AvgIpc) is 2.23. The van der Waals surface area contributed by atoms with Gasteiger partial charge in [0.1, 0.15) is 0 Å². The Bertz CT molecular complexity index is 180. The smallest absolute Gasteiger partial charge is 0.314 e. The maximum Gasteiger partial charge on any atom is 0.389 e. The third kappa shape index (κ3) is 10.6. The summed E-state index contributed by atoms with van der Waals surface area (Å²) in [6, 6.07) is 0.243. The van der Waals surface area contributed by atoms with Gasteiger partial charge in [0.15, 0.2) is 0 Å². The van der Waals surface area contributed by atoms with Gasteiger partial charge in [0.25, 0.3) is 0 Å². The van der Waals surface area contributed by atoms with E-state index in [0.717, 1.165) is 25.8 Å². The zero-order valence-electron chi connectivity index (χ0n) is 11.2. The summed E-state index contributed by atoms with van der Waals surface area (Å²) in [5, 5.41) is 3.35. The van der Waals surface area contributed by atoms with Crippen LogP contribution in [0.2, 0.25) is 0 Å². The van der Waals surface area contributed by atoms with Crippen LogP contribution in [0.25, 0.3) is 0 Å². The molecule has 4 heteroatoms. The number of nitrogens with one attached hydrogen (secondary N) is 1. The highest BCUT2D eigenvalue weighted by Crippen LogP contribution is 2.24. The molecule has 0 aliphatic heterocycles. The van der Waals surface area contributed by atoms with Crippen molar-refractivity contribution in [3.05, 3.63) is 0 Å². The third-order valence-electron chi connectivity index (χ3n) is 3.08. The van der Waals surface area contributed by atoms with Gasteiger partial charge in [-0.1, -0.05) is 27.2 Å². The molecule has 0 aromatic heterocycles. The molecular weight excluding hydrogens is 227 g/mol. The molecule has 0 aliphatic rings. The molecule has 0 rings (SSSR count). The quantitative estimate of drug-likeness (QED) is 0.637. The summed E-state index contributed by atoms with van der Waals surface area (Å²) >= 11 is 0. The molecule has 17 heavy (non-hydrogen) atoms. The molecule has 0 bridgehead atoms. The first-order valence-electron chi connectivity index (χ1n) is 6.69. The van der Waals surface area contributed by atoms with Crippen LogP contribution in [0.15, 0.2) is 0 Å². The monoisotopic (exact) mass is 253 g/mol. The number of halogens is 3. The molecule has 104 valence electrons. The second-order valence-corrected chi connectivity index (χ2v) is 4.91. The van der Waals surface area contributed by atoms with Crippen LogP contribution in [0.1, 0.15) is 59.3 Å². The molecule has 0 spiro atoms. The van der Waals surface area contributed by atoms with Crippen molar-refractivity contribution in [1.29, 1.82) is 0 Å². The van der Waals surface area contributed by atoms with Gasteiger partial charge in [-0.05, 0) is 38.1 Å². The molecule has 1 nitrogen and oxygen atoms in total. The Hall–Kier alpha value is -0.250. The molecule has 0 aliphatic carbocycles. The van der Waals surface area contributed by atoms with Crippen molar-refractivity contribution in [3.8, 4) is 0 Å². The normalized spacial score (nSPS) is 15.9. The fourth-order valence-electron chi connectivity index (χ4n) is 1.85. The summed E-state index contributed by atoms with van der Waals surface area (Å²) in [6.45, 7) is 7.25. The molecule has 0 saturated carbocycles. The van der Waals surface area contributed by atoms with E-state index in [1.54, 1.807) is 0 Å². The average molecular weight is 253 g/mol. The fraction of sp³-hybridized carbons (Fsp3) is 1.00. The van der Waals surface area contributed by atoms with Crippen LogP contribution in [0.5, 0.6) is 0 Å². The number of hydrogen-bond acceptors (Lipinski definition) is 1. The number of alkyl halides is 3. The highest BCUT2D eigenvalue weighted by atomic mass is 19.4. The molecule has 0 heterocycles. The van der Waals surface area contributed by atoms with E-state index >= 15 is 0 Å². The molecule has 1 N–H and O–H groups in total. The van der Waals surface area contributed by atoms with Crippen molar-refractivity contribution in [2.75, 3.05) is 6.54 Å². The number of rotatable bonds is 9. The lowest BCUT2D eigenvalue weighted by atomic mass is 9.95. The summed E-state index contributed by atoms with van der Waals surface area (Å²) in [6.07, 6.45) is -0.705. The maximum atomic E-state index is 12.1. The second kappa shape index (κ2) is 8.78. The van der Waals surface area contributed by atoms with Crippen molar-refractivity contribution < 1.29 is 13.2 Å². The molecule has 0 amide bonds. The van der Waals surface area contributed by atoms with E-state index in [2.05, 4.69) is 26.1 Å². The molecule has 2 unspecified atom stereocenters. The Balaban J connectivity index is 3.92. The molecule has 0 aromatic rings. The minimum Gasteiger partial charge on any atom is -0.314 e. The van der Waals surface area contributed by atoms with Crippen LogP contribution in [0.4, 0.5) is 13.2 Å². The lowest BCUT2D eigenvalue weighted by Gasteiger charge is -2.22. The van der Waals surface area contributed by atoms with Gasteiger partial charge in [0, 0.05) is 12.5 Å². The Morgan fingerprint density at radius 2 is 1.82 bits per heavy atom. The second-order valence-electron chi connectivity index (χ2n) is 4.91. The first-order chi connectivity index (χ1) is 7.89. The van der Waals surface area contributed by atoms with Crippen LogP contribution in [0, 0.1) is 5.92 Å². The molecule has 0 fully saturated rings. The van der Waals surface area contributed by atoms with Gasteiger partial charge in [-0.2, -0.15) is 13.2 Å². The maximum absolute atomic E-state index is 12.1. The Morgan fingerprint density at radius 3 is 2.29 bits per heavy atom. The van der Waals surface area contributed by atoms with Gasteiger partial charge in [-0.25, -0.2) is 0 Å². The predicted octanol–water partition coefficient (Wildman–Crippen LogP) is 4.52. The van der Waals surface area contributed by atoms with Gasteiger partial charge in [0.05, 0.1) is 0 Å². The SMILES string of the molecule is CCCNC(CCCC(F)(F)F)CC(C)CC. The summed E-state index contributed by atoms with van der Waals surface area (Å²) in [4.78, 5) is 0. The van der Waals surface area contributed by atoms with E-state index in [9.17, 15) is 13.2 Å². The zero-order chi connectivity index (χ0) is 13.3. The van der Waals surface area contributed by atoms with Gasteiger partial charge in [-0.3, -0.25) is 0 Å². The Morgan fingerprint density at radius 1 is 1.18 bits per heavy atom. The van der Waals surface area contributed by atoms with Crippen LogP contribution in [-0.2, 0) is 0 Å². The Kier molecular flexibility index (Phi) is 8.66. The minimum atomic E-state index is -4.01. The lowest BCUT2D eigenvalue weighted by molar-refractivity contribution is -0.135. The molecule has 0 aromatic carbocycles. The zero-order valence-corrected chi connectivity index (χ0v) is 11.2. The van der Waals surface area contributed by atoms with Crippen LogP contribution >= 0.6 is 0 Å². The topological polar surface area (TPSA) is 12.0 Å². The summed E-state index contributed by atoms with van der Waals surface area (Å²) in [7, 11) is 0. The van der Waals surface area contributed by atoms with Crippen LogP contribution in [0.3, 0.4) is 0 Å². The predicted molar refractivity (Wildman–Crippen MR) is 66.1 cm³/mol. The fourth-order valence-corrected chi connectivity index (χ4v) is 1.85. The van der Waals surface area contributed by atoms with Crippen molar-refractivity contribution in [3.63, 3.8) is 0 Å². The van der Waals surface area contributed by atoms with Gasteiger partial charge >= 0.3 is 6.18 Å². The van der Waals surface area contributed by atoms with Crippen molar-refractivity contribution in [1.82, 2.24) is 5.32 Å². The van der Waals surface area contributed by atoms with Crippen LogP contribution < -0.4 is 5.32 Å². The van der Waals surface area contributed by atoms with Gasteiger partial charge in [0.2, 0.25) is 0 Å². The lowest BCUT2D eigenvalue weighted by Crippen LogP contribution is -2.31. The first-order valence-corrected chi connectivity index (χ1v) is 6.69. The van der Waals surface area contributed by atoms with E-state index in [4.69, 9.17) is 0 Å². The summed E-state index contributed by atoms with van der Waals surface area (Å²) in [5.74, 6) is 0.579. The van der Waals surface area contributed by atoms with E-state index in [-0.39, 0.29) is 12.5 Å². The largest absolute Gasteiger partial charge is 0.389 e. The van der Waals surface area contributed by atoms with Crippen LogP contribution in [-0.4, -0.2) is 18.8 Å². The van der Waals surface area contributed by atoms with Gasteiger partial charge < -0.3 is 5.32 Å². The minimum absolute atomic E-state index is 0.237. The van der Waals surface area contributed by atoms with E-state index in [0.29, 0.717) is 12.3 Å². The highest BCUT2D eigenvalue weighted by Gasteiger charge is 2.26. The summed E-state index contributed by atoms with van der Waals surface area (Å²) in [5.41, 5.74) is 0.